The minimum atomic E-state index is 0.112. The number of rotatable bonds is 1. The van der Waals surface area contributed by atoms with Gasteiger partial charge in [-0.3, -0.25) is 4.79 Å². The number of aromatic nitrogens is 2. The van der Waals surface area contributed by atoms with Crippen LogP contribution in [0.25, 0.3) is 10.2 Å². The molecular formula is C12H14N4OS. The van der Waals surface area contributed by atoms with Gasteiger partial charge >= 0.3 is 0 Å². The topological polar surface area (TPSA) is 58.1 Å². The Balaban J connectivity index is 2.02. The third kappa shape index (κ3) is 1.92. The lowest BCUT2D eigenvalue weighted by Crippen LogP contribution is -2.35. The van der Waals surface area contributed by atoms with Gasteiger partial charge in [0.25, 0.3) is 0 Å². The van der Waals surface area contributed by atoms with Crippen LogP contribution in [0.5, 0.6) is 0 Å². The normalized spacial score (nSPS) is 20.8. The Kier molecular flexibility index (Phi) is 2.87. The zero-order valence-corrected chi connectivity index (χ0v) is 10.9. The molecule has 0 bridgehead atoms. The van der Waals surface area contributed by atoms with Crippen LogP contribution in [0.4, 0.5) is 5.82 Å². The summed E-state index contributed by atoms with van der Waals surface area (Å²) in [6.07, 6.45) is 2.11. The lowest BCUT2D eigenvalue weighted by molar-refractivity contribution is -0.120. The van der Waals surface area contributed by atoms with Crippen molar-refractivity contribution < 1.29 is 4.79 Å². The molecule has 1 saturated heterocycles. The highest BCUT2D eigenvalue weighted by molar-refractivity contribution is 7.17. The van der Waals surface area contributed by atoms with Crippen LogP contribution in [0.1, 0.15) is 13.3 Å². The van der Waals surface area contributed by atoms with Crippen LogP contribution in [-0.2, 0) is 4.79 Å². The van der Waals surface area contributed by atoms with Crippen molar-refractivity contribution in [2.24, 2.45) is 0 Å². The Labute approximate surface area is 109 Å². The van der Waals surface area contributed by atoms with Crippen LogP contribution >= 0.6 is 11.3 Å². The molecule has 0 radical (unpaired) electrons. The summed E-state index contributed by atoms with van der Waals surface area (Å²) < 4.78 is 1.10. The van der Waals surface area contributed by atoms with Crippen molar-refractivity contribution in [1.29, 1.82) is 0 Å². The molecule has 1 atom stereocenters. The van der Waals surface area contributed by atoms with Gasteiger partial charge < -0.3 is 10.2 Å². The Hall–Kier alpha value is -1.69. The summed E-state index contributed by atoms with van der Waals surface area (Å²) in [7, 11) is 0. The Bertz CT molecular complexity index is 582. The molecule has 5 nitrogen and oxygen atoms in total. The molecule has 6 heteroatoms. The third-order valence-electron chi connectivity index (χ3n) is 3.18. The maximum Gasteiger partial charge on any atom is 0.222 e. The van der Waals surface area contributed by atoms with Crippen molar-refractivity contribution in [2.75, 3.05) is 18.0 Å². The predicted molar refractivity (Wildman–Crippen MR) is 71.8 cm³/mol. The van der Waals surface area contributed by atoms with Gasteiger partial charge in [0, 0.05) is 25.6 Å². The largest absolute Gasteiger partial charge is 0.354 e. The van der Waals surface area contributed by atoms with Crippen molar-refractivity contribution in [3.05, 3.63) is 17.8 Å². The molecule has 2 aromatic heterocycles. The van der Waals surface area contributed by atoms with Crippen LogP contribution < -0.4 is 10.2 Å². The van der Waals surface area contributed by atoms with Crippen molar-refractivity contribution >= 4 is 33.3 Å². The van der Waals surface area contributed by atoms with Gasteiger partial charge in [-0.1, -0.05) is 0 Å². The fourth-order valence-corrected chi connectivity index (χ4v) is 3.13. The highest BCUT2D eigenvalue weighted by atomic mass is 32.1. The number of fused-ring (bicyclic) bond motifs is 1. The van der Waals surface area contributed by atoms with E-state index >= 15 is 0 Å². The highest BCUT2D eigenvalue weighted by Gasteiger charge is 2.23. The van der Waals surface area contributed by atoms with Crippen LogP contribution in [-0.4, -0.2) is 35.0 Å². The van der Waals surface area contributed by atoms with E-state index in [0.717, 1.165) is 22.6 Å². The van der Waals surface area contributed by atoms with Crippen molar-refractivity contribution in [1.82, 2.24) is 15.3 Å². The van der Waals surface area contributed by atoms with Gasteiger partial charge in [0.1, 0.15) is 12.1 Å². The van der Waals surface area contributed by atoms with E-state index in [9.17, 15) is 4.79 Å². The Morgan fingerprint density at radius 1 is 1.50 bits per heavy atom. The van der Waals surface area contributed by atoms with Crippen LogP contribution in [0.2, 0.25) is 0 Å². The van der Waals surface area contributed by atoms with E-state index in [1.54, 1.807) is 17.7 Å². The van der Waals surface area contributed by atoms with Crippen molar-refractivity contribution in [3.63, 3.8) is 0 Å². The van der Waals surface area contributed by atoms with E-state index in [4.69, 9.17) is 0 Å². The van der Waals surface area contributed by atoms with Gasteiger partial charge in [0.15, 0.2) is 0 Å². The second kappa shape index (κ2) is 4.53. The first-order valence-corrected chi connectivity index (χ1v) is 6.85. The maximum absolute atomic E-state index is 11.5. The number of anilines is 1. The number of amides is 1. The summed E-state index contributed by atoms with van der Waals surface area (Å²) >= 11 is 1.65. The predicted octanol–water partition coefficient (Wildman–Crippen LogP) is 1.41. The SMILES string of the molecule is C[C@H]1CC(=O)NCCN1c1ncnc2ccsc12. The molecule has 18 heavy (non-hydrogen) atoms. The van der Waals surface area contributed by atoms with Gasteiger partial charge in [-0.15, -0.1) is 11.3 Å². The Morgan fingerprint density at radius 3 is 3.28 bits per heavy atom. The fraction of sp³-hybridized carbons (Fsp3) is 0.417. The molecule has 1 fully saturated rings. The monoisotopic (exact) mass is 262 g/mol. The highest BCUT2D eigenvalue weighted by Crippen LogP contribution is 2.29. The number of thiophene rings is 1. The molecule has 3 rings (SSSR count). The summed E-state index contributed by atoms with van der Waals surface area (Å²) in [4.78, 5) is 22.4. The first-order valence-electron chi connectivity index (χ1n) is 5.97. The lowest BCUT2D eigenvalue weighted by Gasteiger charge is -2.27. The minimum absolute atomic E-state index is 0.112. The first kappa shape index (κ1) is 11.4. The summed E-state index contributed by atoms with van der Waals surface area (Å²) in [6, 6.07) is 2.16. The second-order valence-electron chi connectivity index (χ2n) is 4.43. The number of hydrogen-bond acceptors (Lipinski definition) is 5. The number of nitrogens with zero attached hydrogens (tertiary/aromatic N) is 3. The number of carbonyl (C=O) groups excluding carboxylic acids is 1. The van der Waals surface area contributed by atoms with Gasteiger partial charge in [0.2, 0.25) is 5.91 Å². The maximum atomic E-state index is 11.5. The van der Waals surface area contributed by atoms with Crippen LogP contribution in [0.3, 0.4) is 0 Å². The third-order valence-corrected chi connectivity index (χ3v) is 4.08. The molecule has 0 aliphatic carbocycles. The van der Waals surface area contributed by atoms with Crippen LogP contribution in [0.15, 0.2) is 17.8 Å². The average molecular weight is 262 g/mol. The molecule has 1 N–H and O–H groups in total. The van der Waals surface area contributed by atoms with E-state index < -0.39 is 0 Å². The molecule has 2 aromatic rings. The number of hydrogen-bond donors (Lipinski definition) is 1. The van der Waals surface area contributed by atoms with Gasteiger partial charge in [-0.05, 0) is 18.4 Å². The molecule has 0 aromatic carbocycles. The van der Waals surface area contributed by atoms with E-state index in [0.29, 0.717) is 13.0 Å². The molecule has 0 unspecified atom stereocenters. The van der Waals surface area contributed by atoms with Gasteiger partial charge in [-0.25, -0.2) is 9.97 Å². The lowest BCUT2D eigenvalue weighted by atomic mass is 10.2. The molecule has 0 spiro atoms. The van der Waals surface area contributed by atoms with E-state index in [2.05, 4.69) is 27.1 Å². The van der Waals surface area contributed by atoms with E-state index in [1.165, 1.54) is 0 Å². The smallest absolute Gasteiger partial charge is 0.222 e. The van der Waals surface area contributed by atoms with E-state index in [-0.39, 0.29) is 11.9 Å². The van der Waals surface area contributed by atoms with E-state index in [1.807, 2.05) is 11.4 Å². The molecule has 0 saturated carbocycles. The zero-order chi connectivity index (χ0) is 12.5. The van der Waals surface area contributed by atoms with Gasteiger partial charge in [-0.2, -0.15) is 0 Å². The summed E-state index contributed by atoms with van der Waals surface area (Å²) in [5, 5.41) is 4.92. The first-order chi connectivity index (χ1) is 8.75. The fourth-order valence-electron chi connectivity index (χ4n) is 2.28. The van der Waals surface area contributed by atoms with Crippen LogP contribution in [0, 0.1) is 0 Å². The van der Waals surface area contributed by atoms with Gasteiger partial charge in [0.05, 0.1) is 10.2 Å². The molecule has 94 valence electrons. The summed E-state index contributed by atoms with van der Waals surface area (Å²) in [5.74, 6) is 1.06. The average Bonchev–Trinajstić information content (AvgIpc) is 2.76. The Morgan fingerprint density at radius 2 is 2.39 bits per heavy atom. The molecule has 1 aliphatic heterocycles. The molecular weight excluding hydrogens is 248 g/mol. The standard InChI is InChI=1S/C12H14N4OS/c1-8-6-10(17)13-3-4-16(8)12-11-9(2-5-18-11)14-7-15-12/h2,5,7-8H,3-4,6H2,1H3,(H,13,17)/t8-/m0/s1. The summed E-state index contributed by atoms with van der Waals surface area (Å²) in [6.45, 7) is 3.52. The minimum Gasteiger partial charge on any atom is -0.354 e. The summed E-state index contributed by atoms with van der Waals surface area (Å²) in [5.41, 5.74) is 0.973. The number of nitrogens with one attached hydrogen (secondary N) is 1. The van der Waals surface area contributed by atoms with Crippen molar-refractivity contribution in [3.8, 4) is 0 Å². The van der Waals surface area contributed by atoms with Crippen molar-refractivity contribution in [2.45, 2.75) is 19.4 Å². The molecule has 3 heterocycles. The zero-order valence-electron chi connectivity index (χ0n) is 10.1. The second-order valence-corrected chi connectivity index (χ2v) is 5.34. The molecule has 1 aliphatic rings. The number of carbonyl (C=O) groups is 1. The molecule has 1 amide bonds. The quantitative estimate of drug-likeness (QED) is 0.844.